The van der Waals surface area contributed by atoms with Gasteiger partial charge in [-0.05, 0) is 72.8 Å². The van der Waals surface area contributed by atoms with Crippen molar-refractivity contribution in [1.29, 1.82) is 0 Å². The number of aromatic nitrogens is 3. The summed E-state index contributed by atoms with van der Waals surface area (Å²) in [6, 6.07) is 61.9. The third-order valence-electron chi connectivity index (χ3n) is 9.09. The van der Waals surface area contributed by atoms with Crippen LogP contribution in [-0.2, 0) is 0 Å². The summed E-state index contributed by atoms with van der Waals surface area (Å²) in [6.07, 6.45) is 0. The molecule has 0 saturated heterocycles. The first-order valence-electron chi connectivity index (χ1n) is 16.2. The van der Waals surface area contributed by atoms with Gasteiger partial charge in [0.1, 0.15) is 0 Å². The molecule has 1 heterocycles. The fourth-order valence-corrected chi connectivity index (χ4v) is 6.66. The Labute approximate surface area is 278 Å². The van der Waals surface area contributed by atoms with Crippen LogP contribution in [0.2, 0.25) is 0 Å². The van der Waals surface area contributed by atoms with Crippen LogP contribution in [0.15, 0.2) is 176 Å². The predicted molar refractivity (Wildman–Crippen MR) is 200 cm³/mol. The van der Waals surface area contributed by atoms with Crippen molar-refractivity contribution in [3.63, 3.8) is 0 Å². The van der Waals surface area contributed by atoms with Gasteiger partial charge in [-0.1, -0.05) is 158 Å². The van der Waals surface area contributed by atoms with Gasteiger partial charge in [0.25, 0.3) is 0 Å². The monoisotopic (exact) mass is 611 g/mol. The normalized spacial score (nSPS) is 11.3. The van der Waals surface area contributed by atoms with E-state index in [1.54, 1.807) is 0 Å². The maximum Gasteiger partial charge on any atom is 0.164 e. The Morgan fingerprint density at radius 3 is 1.48 bits per heavy atom. The minimum absolute atomic E-state index is 0.657. The molecule has 0 bridgehead atoms. The molecule has 0 aliphatic heterocycles. The SMILES string of the molecule is c1ccc(-c2nc(-c3ccccc3)nc(-c3ccc4cc(-c5cccc(-c6cccc7c6ccc6ccccc67)c5)ccc4c3)n2)cc1. The standard InChI is InChI=1S/C45H29N3/c1-3-12-31(13-4-1)43-46-44(32-14-5-2-6-15-32)48-45(47-43)38-24-23-35-27-34(21-22-36(35)29-38)33-16-9-17-37(28-33)40-19-10-20-41-39-18-8-7-11-30(39)25-26-42(40)41/h1-29H. The maximum atomic E-state index is 4.93. The fraction of sp³-hybridized carbons (Fsp3) is 0. The molecule has 0 unspecified atom stereocenters. The van der Waals surface area contributed by atoms with Crippen molar-refractivity contribution in [2.45, 2.75) is 0 Å². The predicted octanol–water partition coefficient (Wildman–Crippen LogP) is 11.7. The second-order valence-electron chi connectivity index (χ2n) is 12.1. The molecule has 8 aromatic carbocycles. The number of fused-ring (bicyclic) bond motifs is 4. The molecule has 3 heteroatoms. The molecule has 0 aliphatic rings. The van der Waals surface area contributed by atoms with E-state index >= 15 is 0 Å². The first-order chi connectivity index (χ1) is 23.8. The third-order valence-corrected chi connectivity index (χ3v) is 9.09. The smallest absolute Gasteiger partial charge is 0.164 e. The molecule has 48 heavy (non-hydrogen) atoms. The van der Waals surface area contributed by atoms with Gasteiger partial charge in [0.05, 0.1) is 0 Å². The lowest BCUT2D eigenvalue weighted by molar-refractivity contribution is 1.07. The van der Waals surface area contributed by atoms with Crippen LogP contribution in [0.5, 0.6) is 0 Å². The highest BCUT2D eigenvalue weighted by molar-refractivity contribution is 6.12. The Bertz CT molecular complexity index is 2550. The summed E-state index contributed by atoms with van der Waals surface area (Å²) in [6.45, 7) is 0. The van der Waals surface area contributed by atoms with Crippen molar-refractivity contribution >= 4 is 32.3 Å². The van der Waals surface area contributed by atoms with Crippen LogP contribution in [0.3, 0.4) is 0 Å². The minimum atomic E-state index is 0.657. The first-order valence-corrected chi connectivity index (χ1v) is 16.2. The van der Waals surface area contributed by atoms with E-state index in [0.717, 1.165) is 22.1 Å². The number of hydrogen-bond donors (Lipinski definition) is 0. The molecule has 3 nitrogen and oxygen atoms in total. The minimum Gasteiger partial charge on any atom is -0.208 e. The zero-order chi connectivity index (χ0) is 31.9. The maximum absolute atomic E-state index is 4.93. The molecule has 0 saturated carbocycles. The van der Waals surface area contributed by atoms with Crippen LogP contribution in [0.1, 0.15) is 0 Å². The summed E-state index contributed by atoms with van der Waals surface area (Å²) in [7, 11) is 0. The third kappa shape index (κ3) is 5.08. The van der Waals surface area contributed by atoms with Crippen LogP contribution < -0.4 is 0 Å². The van der Waals surface area contributed by atoms with Crippen molar-refractivity contribution in [3.8, 4) is 56.4 Å². The van der Waals surface area contributed by atoms with Crippen molar-refractivity contribution in [1.82, 2.24) is 15.0 Å². The van der Waals surface area contributed by atoms with Crippen molar-refractivity contribution < 1.29 is 0 Å². The lowest BCUT2D eigenvalue weighted by atomic mass is 9.92. The summed E-state index contributed by atoms with van der Waals surface area (Å²) in [5.74, 6) is 1.98. The molecule has 0 radical (unpaired) electrons. The van der Waals surface area contributed by atoms with Crippen LogP contribution in [0.25, 0.3) is 88.7 Å². The number of rotatable bonds is 5. The lowest BCUT2D eigenvalue weighted by Crippen LogP contribution is -2.00. The number of benzene rings is 8. The molecule has 0 spiro atoms. The summed E-state index contributed by atoms with van der Waals surface area (Å²) >= 11 is 0. The Morgan fingerprint density at radius 1 is 0.250 bits per heavy atom. The highest BCUT2D eigenvalue weighted by atomic mass is 15.0. The average Bonchev–Trinajstić information content (AvgIpc) is 3.17. The van der Waals surface area contributed by atoms with Crippen molar-refractivity contribution in [2.75, 3.05) is 0 Å². The molecular weight excluding hydrogens is 583 g/mol. The van der Waals surface area contributed by atoms with Gasteiger partial charge < -0.3 is 0 Å². The fourth-order valence-electron chi connectivity index (χ4n) is 6.66. The molecule has 1 aromatic heterocycles. The summed E-state index contributed by atoms with van der Waals surface area (Å²) in [5.41, 5.74) is 7.70. The van der Waals surface area contributed by atoms with Gasteiger partial charge in [0.2, 0.25) is 0 Å². The van der Waals surface area contributed by atoms with E-state index in [1.807, 2.05) is 60.7 Å². The van der Waals surface area contributed by atoms with Gasteiger partial charge >= 0.3 is 0 Å². The Hall–Kier alpha value is -6.45. The first kappa shape index (κ1) is 27.8. The van der Waals surface area contributed by atoms with Crippen LogP contribution in [-0.4, -0.2) is 15.0 Å². The van der Waals surface area contributed by atoms with Crippen LogP contribution >= 0.6 is 0 Å². The van der Waals surface area contributed by atoms with E-state index in [-0.39, 0.29) is 0 Å². The molecule has 0 N–H and O–H groups in total. The average molecular weight is 612 g/mol. The molecule has 224 valence electrons. The number of hydrogen-bond acceptors (Lipinski definition) is 3. The van der Waals surface area contributed by atoms with E-state index < -0.39 is 0 Å². The quantitative estimate of drug-likeness (QED) is 0.182. The van der Waals surface area contributed by atoms with Gasteiger partial charge in [-0.3, -0.25) is 0 Å². The highest BCUT2D eigenvalue weighted by Crippen LogP contribution is 2.36. The van der Waals surface area contributed by atoms with Gasteiger partial charge in [0.15, 0.2) is 17.5 Å². The van der Waals surface area contributed by atoms with E-state index in [9.17, 15) is 0 Å². The molecule has 0 atom stereocenters. The lowest BCUT2D eigenvalue weighted by Gasteiger charge is -2.12. The van der Waals surface area contributed by atoms with Gasteiger partial charge in [-0.25, -0.2) is 15.0 Å². The molecule has 0 amide bonds. The van der Waals surface area contributed by atoms with Crippen molar-refractivity contribution in [3.05, 3.63) is 176 Å². The zero-order valence-electron chi connectivity index (χ0n) is 26.1. The topological polar surface area (TPSA) is 38.7 Å². The molecule has 9 rings (SSSR count). The van der Waals surface area contributed by atoms with Gasteiger partial charge in [0, 0.05) is 16.7 Å². The van der Waals surface area contributed by atoms with E-state index in [0.29, 0.717) is 17.5 Å². The second kappa shape index (κ2) is 11.7. The van der Waals surface area contributed by atoms with Crippen LogP contribution in [0, 0.1) is 0 Å². The summed E-state index contributed by atoms with van der Waals surface area (Å²) in [4.78, 5) is 14.7. The van der Waals surface area contributed by atoms with Crippen molar-refractivity contribution in [2.24, 2.45) is 0 Å². The second-order valence-corrected chi connectivity index (χ2v) is 12.1. The zero-order valence-corrected chi connectivity index (χ0v) is 26.1. The van der Waals surface area contributed by atoms with Gasteiger partial charge in [-0.2, -0.15) is 0 Å². The largest absolute Gasteiger partial charge is 0.208 e. The highest BCUT2D eigenvalue weighted by Gasteiger charge is 2.13. The van der Waals surface area contributed by atoms with E-state index in [2.05, 4.69) is 115 Å². The van der Waals surface area contributed by atoms with Gasteiger partial charge in [-0.15, -0.1) is 0 Å². The Morgan fingerprint density at radius 2 is 0.750 bits per heavy atom. The van der Waals surface area contributed by atoms with Crippen LogP contribution in [0.4, 0.5) is 0 Å². The Balaban J connectivity index is 1.09. The Kier molecular flexibility index (Phi) is 6.80. The van der Waals surface area contributed by atoms with E-state index in [1.165, 1.54) is 49.2 Å². The molecular formula is C45H29N3. The molecule has 0 aliphatic carbocycles. The number of nitrogens with zero attached hydrogens (tertiary/aromatic N) is 3. The summed E-state index contributed by atoms with van der Waals surface area (Å²) in [5, 5.41) is 7.40. The summed E-state index contributed by atoms with van der Waals surface area (Å²) < 4.78 is 0. The van der Waals surface area contributed by atoms with E-state index in [4.69, 9.17) is 15.0 Å². The molecule has 0 fully saturated rings. The molecule has 9 aromatic rings.